The van der Waals surface area contributed by atoms with E-state index in [1.807, 2.05) is 50.2 Å². The molecule has 1 aromatic carbocycles. The monoisotopic (exact) mass is 386 g/mol. The van der Waals surface area contributed by atoms with Gasteiger partial charge < -0.3 is 15.1 Å². The number of rotatable bonds is 5. The van der Waals surface area contributed by atoms with E-state index in [0.29, 0.717) is 13.0 Å². The van der Waals surface area contributed by atoms with Gasteiger partial charge in [0.05, 0.1) is 0 Å². The standard InChI is InChI=1S/C21H30N4O3/c1-15-7-5-6-12-21(15)19(27)25(20(28)22-21)14-18(26)24(4)13-16-8-10-17(11-9-16)23(2)3/h8-11,15H,5-7,12-14H2,1-4H3,(H,22,28)/t15-,21-/m1/s1. The second-order valence-corrected chi connectivity index (χ2v) is 8.25. The third-order valence-electron chi connectivity index (χ3n) is 6.09. The Morgan fingerprint density at radius 3 is 2.46 bits per heavy atom. The number of likely N-dealkylation sites (N-methyl/N-ethyl adjacent to an activating group) is 1. The number of benzene rings is 1. The lowest BCUT2D eigenvalue weighted by Gasteiger charge is -2.36. The Morgan fingerprint density at radius 2 is 1.86 bits per heavy atom. The van der Waals surface area contributed by atoms with E-state index < -0.39 is 11.6 Å². The van der Waals surface area contributed by atoms with Gasteiger partial charge in [-0.05, 0) is 36.5 Å². The van der Waals surface area contributed by atoms with Crippen LogP contribution in [0.5, 0.6) is 0 Å². The van der Waals surface area contributed by atoms with Crippen LogP contribution < -0.4 is 10.2 Å². The van der Waals surface area contributed by atoms with Crippen LogP contribution in [0, 0.1) is 5.92 Å². The average molecular weight is 386 g/mol. The van der Waals surface area contributed by atoms with Crippen molar-refractivity contribution in [2.75, 3.05) is 32.6 Å². The molecule has 0 bridgehead atoms. The maximum Gasteiger partial charge on any atom is 0.325 e. The molecule has 4 amide bonds. The van der Waals surface area contributed by atoms with Crippen molar-refractivity contribution in [1.29, 1.82) is 0 Å². The van der Waals surface area contributed by atoms with E-state index in [2.05, 4.69) is 5.32 Å². The molecular weight excluding hydrogens is 356 g/mol. The lowest BCUT2D eigenvalue weighted by molar-refractivity contribution is -0.140. The van der Waals surface area contributed by atoms with E-state index in [-0.39, 0.29) is 24.3 Å². The van der Waals surface area contributed by atoms with Crippen LogP contribution in [0.1, 0.15) is 38.2 Å². The topological polar surface area (TPSA) is 73.0 Å². The van der Waals surface area contributed by atoms with E-state index in [1.165, 1.54) is 0 Å². The molecule has 0 radical (unpaired) electrons. The zero-order chi connectivity index (χ0) is 20.5. The van der Waals surface area contributed by atoms with Gasteiger partial charge in [-0.3, -0.25) is 14.5 Å². The number of urea groups is 1. The van der Waals surface area contributed by atoms with Gasteiger partial charge in [0.15, 0.2) is 0 Å². The van der Waals surface area contributed by atoms with Gasteiger partial charge in [-0.15, -0.1) is 0 Å². The molecule has 0 unspecified atom stereocenters. The molecule has 2 fully saturated rings. The maximum atomic E-state index is 13.0. The van der Waals surface area contributed by atoms with Crippen molar-refractivity contribution >= 4 is 23.5 Å². The molecule has 7 nitrogen and oxygen atoms in total. The molecule has 152 valence electrons. The SMILES string of the molecule is C[C@@H]1CCCC[C@@]12NC(=O)N(CC(=O)N(C)Cc1ccc(N(C)C)cc1)C2=O. The van der Waals surface area contributed by atoms with Crippen LogP contribution in [0.2, 0.25) is 0 Å². The predicted octanol–water partition coefficient (Wildman–Crippen LogP) is 2.21. The van der Waals surface area contributed by atoms with Gasteiger partial charge in [-0.2, -0.15) is 0 Å². The molecule has 2 aliphatic rings. The lowest BCUT2D eigenvalue weighted by Crippen LogP contribution is -2.54. The van der Waals surface area contributed by atoms with Crippen molar-refractivity contribution in [3.05, 3.63) is 29.8 Å². The van der Waals surface area contributed by atoms with Gasteiger partial charge in [0, 0.05) is 33.4 Å². The molecular formula is C21H30N4O3. The van der Waals surface area contributed by atoms with E-state index >= 15 is 0 Å². The summed E-state index contributed by atoms with van der Waals surface area (Å²) in [5, 5.41) is 2.89. The van der Waals surface area contributed by atoms with Crippen molar-refractivity contribution in [3.63, 3.8) is 0 Å². The van der Waals surface area contributed by atoms with Crippen molar-refractivity contribution < 1.29 is 14.4 Å². The molecule has 1 N–H and O–H groups in total. The van der Waals surface area contributed by atoms with E-state index in [1.54, 1.807) is 11.9 Å². The number of amides is 4. The molecule has 2 atom stereocenters. The minimum Gasteiger partial charge on any atom is -0.378 e. The van der Waals surface area contributed by atoms with E-state index in [0.717, 1.165) is 35.4 Å². The van der Waals surface area contributed by atoms with Gasteiger partial charge in [0.25, 0.3) is 5.91 Å². The molecule has 1 saturated heterocycles. The molecule has 28 heavy (non-hydrogen) atoms. The molecule has 1 aliphatic heterocycles. The maximum absolute atomic E-state index is 13.0. The Balaban J connectivity index is 1.63. The zero-order valence-corrected chi connectivity index (χ0v) is 17.2. The largest absolute Gasteiger partial charge is 0.378 e. The highest BCUT2D eigenvalue weighted by atomic mass is 16.2. The molecule has 3 rings (SSSR count). The predicted molar refractivity (Wildman–Crippen MR) is 108 cm³/mol. The van der Waals surface area contributed by atoms with Crippen molar-refractivity contribution in [2.24, 2.45) is 5.92 Å². The average Bonchev–Trinajstić information content (AvgIpc) is 2.89. The summed E-state index contributed by atoms with van der Waals surface area (Å²) in [5.41, 5.74) is 1.26. The second kappa shape index (κ2) is 7.81. The molecule has 1 saturated carbocycles. The van der Waals surface area contributed by atoms with Crippen LogP contribution in [0.25, 0.3) is 0 Å². The van der Waals surface area contributed by atoms with Crippen LogP contribution in [-0.2, 0) is 16.1 Å². The fourth-order valence-electron chi connectivity index (χ4n) is 4.16. The van der Waals surface area contributed by atoms with Crippen molar-refractivity contribution in [2.45, 2.75) is 44.7 Å². The first-order chi connectivity index (χ1) is 13.2. The Hall–Kier alpha value is -2.57. The van der Waals surface area contributed by atoms with Crippen LogP contribution in [0.3, 0.4) is 0 Å². The summed E-state index contributed by atoms with van der Waals surface area (Å²) in [6, 6.07) is 7.51. The summed E-state index contributed by atoms with van der Waals surface area (Å²) in [7, 11) is 5.64. The summed E-state index contributed by atoms with van der Waals surface area (Å²) in [4.78, 5) is 42.8. The zero-order valence-electron chi connectivity index (χ0n) is 17.2. The Kier molecular flexibility index (Phi) is 5.63. The quantitative estimate of drug-likeness (QED) is 0.788. The smallest absolute Gasteiger partial charge is 0.325 e. The van der Waals surface area contributed by atoms with Crippen LogP contribution in [0.4, 0.5) is 10.5 Å². The van der Waals surface area contributed by atoms with Crippen LogP contribution in [-0.4, -0.2) is 60.9 Å². The Labute approximate surface area is 166 Å². The van der Waals surface area contributed by atoms with Gasteiger partial charge in [0.2, 0.25) is 5.91 Å². The number of anilines is 1. The minimum atomic E-state index is -0.823. The van der Waals surface area contributed by atoms with E-state index in [9.17, 15) is 14.4 Å². The first-order valence-corrected chi connectivity index (χ1v) is 9.89. The number of nitrogens with zero attached hydrogens (tertiary/aromatic N) is 3. The number of hydrogen-bond acceptors (Lipinski definition) is 4. The first kappa shape index (κ1) is 20.2. The van der Waals surface area contributed by atoms with Crippen LogP contribution >= 0.6 is 0 Å². The normalized spacial score (nSPS) is 24.4. The summed E-state index contributed by atoms with van der Waals surface area (Å²) in [6.45, 7) is 2.22. The first-order valence-electron chi connectivity index (χ1n) is 9.89. The third-order valence-corrected chi connectivity index (χ3v) is 6.09. The summed E-state index contributed by atoms with van der Waals surface area (Å²) in [5.74, 6) is -0.409. The number of hydrogen-bond donors (Lipinski definition) is 1. The summed E-state index contributed by atoms with van der Waals surface area (Å²) < 4.78 is 0. The fourth-order valence-corrected chi connectivity index (χ4v) is 4.16. The highest BCUT2D eigenvalue weighted by Crippen LogP contribution is 2.38. The highest BCUT2D eigenvalue weighted by Gasteiger charge is 2.55. The molecule has 1 spiro atoms. The van der Waals surface area contributed by atoms with Gasteiger partial charge in [-0.1, -0.05) is 31.9 Å². The summed E-state index contributed by atoms with van der Waals surface area (Å²) >= 11 is 0. The Morgan fingerprint density at radius 1 is 1.18 bits per heavy atom. The van der Waals surface area contributed by atoms with E-state index in [4.69, 9.17) is 0 Å². The second-order valence-electron chi connectivity index (χ2n) is 8.25. The van der Waals surface area contributed by atoms with Gasteiger partial charge in [0.1, 0.15) is 12.1 Å². The number of imide groups is 1. The third kappa shape index (κ3) is 3.70. The molecule has 7 heteroatoms. The molecule has 0 aromatic heterocycles. The Bertz CT molecular complexity index is 761. The number of nitrogens with one attached hydrogen (secondary N) is 1. The minimum absolute atomic E-state index is 0.0887. The molecule has 1 aromatic rings. The fraction of sp³-hybridized carbons (Fsp3) is 0.571. The lowest BCUT2D eigenvalue weighted by atomic mass is 9.73. The van der Waals surface area contributed by atoms with Gasteiger partial charge >= 0.3 is 6.03 Å². The van der Waals surface area contributed by atoms with Crippen molar-refractivity contribution in [1.82, 2.24) is 15.1 Å². The number of carbonyl (C=O) groups excluding carboxylic acids is 3. The summed E-state index contributed by atoms with van der Waals surface area (Å²) in [6.07, 6.45) is 3.55. The van der Waals surface area contributed by atoms with Crippen molar-refractivity contribution in [3.8, 4) is 0 Å². The number of carbonyl (C=O) groups is 3. The highest BCUT2D eigenvalue weighted by molar-refractivity contribution is 6.09. The molecule has 1 heterocycles. The molecule has 1 aliphatic carbocycles. The van der Waals surface area contributed by atoms with Crippen LogP contribution in [0.15, 0.2) is 24.3 Å². The van der Waals surface area contributed by atoms with Gasteiger partial charge in [-0.25, -0.2) is 4.79 Å².